The molecule has 1 atom stereocenters. The number of pyridine rings is 1. The summed E-state index contributed by atoms with van der Waals surface area (Å²) >= 11 is 0. The van der Waals surface area contributed by atoms with E-state index in [2.05, 4.69) is 15.0 Å². The van der Waals surface area contributed by atoms with E-state index in [1.807, 2.05) is 28.9 Å². The van der Waals surface area contributed by atoms with Crippen LogP contribution in [0.15, 0.2) is 36.9 Å². The highest BCUT2D eigenvalue weighted by molar-refractivity contribution is 5.85. The van der Waals surface area contributed by atoms with E-state index in [0.29, 0.717) is 19.7 Å². The van der Waals surface area contributed by atoms with Gasteiger partial charge in [0.2, 0.25) is 5.91 Å². The summed E-state index contributed by atoms with van der Waals surface area (Å²) in [6.45, 7) is 5.43. The number of carbonyl (C=O) groups is 2. The molecule has 0 unspecified atom stereocenters. The second kappa shape index (κ2) is 8.37. The minimum Gasteiger partial charge on any atom is -0.450 e. The van der Waals surface area contributed by atoms with Gasteiger partial charge in [-0.1, -0.05) is 0 Å². The van der Waals surface area contributed by atoms with Crippen LogP contribution < -0.4 is 4.90 Å². The quantitative estimate of drug-likeness (QED) is 0.726. The van der Waals surface area contributed by atoms with Gasteiger partial charge < -0.3 is 19.4 Å². The van der Waals surface area contributed by atoms with E-state index in [9.17, 15) is 9.59 Å². The van der Waals surface area contributed by atoms with Crippen molar-refractivity contribution in [2.45, 2.75) is 32.2 Å². The van der Waals surface area contributed by atoms with E-state index in [0.717, 1.165) is 56.0 Å². The predicted molar refractivity (Wildman–Crippen MR) is 118 cm³/mol. The molecule has 4 heterocycles. The number of ether oxygens (including phenoxy) is 1. The topological polar surface area (TPSA) is 91.8 Å². The van der Waals surface area contributed by atoms with Crippen molar-refractivity contribution in [2.24, 2.45) is 5.41 Å². The number of likely N-dealkylation sites (tertiary alicyclic amines) is 1. The Morgan fingerprint density at radius 2 is 2.09 bits per heavy atom. The lowest BCUT2D eigenvalue weighted by molar-refractivity contribution is -0.133. The van der Waals surface area contributed by atoms with Crippen LogP contribution in [0.3, 0.4) is 0 Å². The highest BCUT2D eigenvalue weighted by Crippen LogP contribution is 2.47. The normalized spacial score (nSPS) is 22.2. The first-order chi connectivity index (χ1) is 15.6. The van der Waals surface area contributed by atoms with Gasteiger partial charge in [-0.15, -0.1) is 0 Å². The molecule has 2 saturated heterocycles. The van der Waals surface area contributed by atoms with E-state index >= 15 is 0 Å². The van der Waals surface area contributed by atoms with Crippen molar-refractivity contribution in [2.75, 3.05) is 44.2 Å². The summed E-state index contributed by atoms with van der Waals surface area (Å²) in [7, 11) is 0. The number of amides is 2. The first-order valence-electron chi connectivity index (χ1n) is 11.3. The van der Waals surface area contributed by atoms with Crippen LogP contribution in [0.1, 0.15) is 26.2 Å². The number of aromatic nitrogens is 3. The van der Waals surface area contributed by atoms with Crippen molar-refractivity contribution in [3.63, 3.8) is 0 Å². The number of hydrogen-bond donors (Lipinski definition) is 0. The lowest BCUT2D eigenvalue weighted by Crippen LogP contribution is -2.59. The minimum absolute atomic E-state index is 0.135. The van der Waals surface area contributed by atoms with Gasteiger partial charge in [-0.2, -0.15) is 0 Å². The standard InChI is InChI=1S/C23H28N6O3/c1-2-32-22(31)28-15-23(16-28)6-5-17(12-23)29-11-10-27(14-20(29)30)21-18(4-3-7-26-21)19-13-24-8-9-25-19/h3-4,7-9,13,17H,2,5-6,10-12,14-16H2,1H3/t17-/m1/s1. The molecule has 1 spiro atoms. The van der Waals surface area contributed by atoms with Crippen LogP contribution in [0.5, 0.6) is 0 Å². The fraction of sp³-hybridized carbons (Fsp3) is 0.522. The van der Waals surface area contributed by atoms with Gasteiger partial charge >= 0.3 is 6.09 Å². The van der Waals surface area contributed by atoms with Crippen LogP contribution in [0.2, 0.25) is 0 Å². The van der Waals surface area contributed by atoms with Crippen molar-refractivity contribution in [1.29, 1.82) is 0 Å². The third kappa shape index (κ3) is 3.76. The van der Waals surface area contributed by atoms with E-state index in [1.165, 1.54) is 0 Å². The number of carbonyl (C=O) groups excluding carboxylic acids is 2. The van der Waals surface area contributed by atoms with Gasteiger partial charge in [0.15, 0.2) is 0 Å². The smallest absolute Gasteiger partial charge is 0.409 e. The first kappa shape index (κ1) is 20.7. The zero-order valence-electron chi connectivity index (χ0n) is 18.3. The van der Waals surface area contributed by atoms with E-state index in [-0.39, 0.29) is 23.5 Å². The molecule has 5 rings (SSSR count). The summed E-state index contributed by atoms with van der Waals surface area (Å²) in [6, 6.07) is 4.09. The fourth-order valence-electron chi connectivity index (χ4n) is 5.38. The molecule has 3 fully saturated rings. The molecule has 9 heteroatoms. The number of anilines is 1. The monoisotopic (exact) mass is 436 g/mol. The molecule has 0 radical (unpaired) electrons. The molecule has 3 aliphatic rings. The summed E-state index contributed by atoms with van der Waals surface area (Å²) in [5, 5.41) is 0. The first-order valence-corrected chi connectivity index (χ1v) is 11.3. The molecule has 1 aliphatic carbocycles. The van der Waals surface area contributed by atoms with Crippen LogP contribution >= 0.6 is 0 Å². The maximum atomic E-state index is 13.1. The second-order valence-corrected chi connectivity index (χ2v) is 8.93. The third-order valence-electron chi connectivity index (χ3n) is 6.88. The fourth-order valence-corrected chi connectivity index (χ4v) is 5.38. The summed E-state index contributed by atoms with van der Waals surface area (Å²) in [6.07, 6.45) is 9.56. The van der Waals surface area contributed by atoms with Crippen LogP contribution in [0.25, 0.3) is 11.3 Å². The van der Waals surface area contributed by atoms with Gasteiger partial charge in [-0.05, 0) is 38.3 Å². The number of nitrogens with zero attached hydrogens (tertiary/aromatic N) is 6. The van der Waals surface area contributed by atoms with Crippen LogP contribution in [-0.4, -0.2) is 82.1 Å². The summed E-state index contributed by atoms with van der Waals surface area (Å²) in [5.41, 5.74) is 1.78. The maximum absolute atomic E-state index is 13.1. The Bertz CT molecular complexity index is 994. The Kier molecular flexibility index (Phi) is 5.40. The summed E-state index contributed by atoms with van der Waals surface area (Å²) in [4.78, 5) is 44.0. The van der Waals surface area contributed by atoms with Gasteiger partial charge in [0.25, 0.3) is 0 Å². The number of rotatable bonds is 4. The van der Waals surface area contributed by atoms with Crippen molar-refractivity contribution < 1.29 is 14.3 Å². The molecule has 2 aromatic heterocycles. The largest absolute Gasteiger partial charge is 0.450 e. The Morgan fingerprint density at radius 3 is 2.84 bits per heavy atom. The van der Waals surface area contributed by atoms with E-state index in [1.54, 1.807) is 29.7 Å². The highest BCUT2D eigenvalue weighted by Gasteiger charge is 2.52. The van der Waals surface area contributed by atoms with Gasteiger partial charge in [-0.3, -0.25) is 14.8 Å². The Hall–Kier alpha value is -3.23. The molecule has 1 saturated carbocycles. The third-order valence-corrected chi connectivity index (χ3v) is 6.88. The molecule has 0 bridgehead atoms. The minimum atomic E-state index is -0.222. The second-order valence-electron chi connectivity index (χ2n) is 8.93. The van der Waals surface area contributed by atoms with Crippen molar-refractivity contribution in [3.05, 3.63) is 36.9 Å². The molecule has 32 heavy (non-hydrogen) atoms. The van der Waals surface area contributed by atoms with Gasteiger partial charge in [0.1, 0.15) is 5.82 Å². The summed E-state index contributed by atoms with van der Waals surface area (Å²) in [5.74, 6) is 0.906. The van der Waals surface area contributed by atoms with Crippen LogP contribution in [0.4, 0.5) is 10.6 Å². The average Bonchev–Trinajstić information content (AvgIpc) is 3.24. The number of piperazine rings is 1. The van der Waals surface area contributed by atoms with E-state index in [4.69, 9.17) is 4.74 Å². The molecule has 168 valence electrons. The highest BCUT2D eigenvalue weighted by atomic mass is 16.6. The van der Waals surface area contributed by atoms with Crippen molar-refractivity contribution in [1.82, 2.24) is 24.8 Å². The Labute approximate surface area is 187 Å². The van der Waals surface area contributed by atoms with Gasteiger partial charge in [0.05, 0.1) is 25.0 Å². The number of hydrogen-bond acceptors (Lipinski definition) is 7. The van der Waals surface area contributed by atoms with Crippen LogP contribution in [0, 0.1) is 5.41 Å². The zero-order chi connectivity index (χ0) is 22.1. The van der Waals surface area contributed by atoms with Gasteiger partial charge in [-0.25, -0.2) is 9.78 Å². The molecule has 2 amide bonds. The molecular formula is C23H28N6O3. The lowest BCUT2D eigenvalue weighted by Gasteiger charge is -2.48. The van der Waals surface area contributed by atoms with Crippen molar-refractivity contribution >= 4 is 17.8 Å². The molecule has 2 aliphatic heterocycles. The lowest BCUT2D eigenvalue weighted by atomic mass is 9.78. The Balaban J connectivity index is 1.22. The predicted octanol–water partition coefficient (Wildman–Crippen LogP) is 2.20. The van der Waals surface area contributed by atoms with Gasteiger partial charge in [0, 0.05) is 61.8 Å². The molecule has 2 aromatic rings. The van der Waals surface area contributed by atoms with Crippen LogP contribution in [-0.2, 0) is 9.53 Å². The SMILES string of the molecule is CCOC(=O)N1CC2(CC[C@@H](N3CCN(c4ncccc4-c4cnccn4)CC3=O)C2)C1. The molecule has 9 nitrogen and oxygen atoms in total. The van der Waals surface area contributed by atoms with E-state index < -0.39 is 0 Å². The summed E-state index contributed by atoms with van der Waals surface area (Å²) < 4.78 is 5.11. The molecular weight excluding hydrogens is 408 g/mol. The average molecular weight is 437 g/mol. The Morgan fingerprint density at radius 1 is 1.22 bits per heavy atom. The van der Waals surface area contributed by atoms with Crippen molar-refractivity contribution in [3.8, 4) is 11.3 Å². The maximum Gasteiger partial charge on any atom is 0.409 e. The molecule has 0 N–H and O–H groups in total. The molecule has 0 aromatic carbocycles. The zero-order valence-corrected chi connectivity index (χ0v) is 18.3.